The van der Waals surface area contributed by atoms with E-state index in [2.05, 4.69) is 9.97 Å². The predicted octanol–water partition coefficient (Wildman–Crippen LogP) is 1.52. The second kappa shape index (κ2) is 7.19. The molecule has 0 saturated carbocycles. The lowest BCUT2D eigenvalue weighted by Gasteiger charge is -2.29. The molecule has 1 aliphatic heterocycles. The van der Waals surface area contributed by atoms with Crippen LogP contribution in [0, 0.1) is 0 Å². The molecule has 2 rings (SSSR count). The molecule has 1 saturated heterocycles. The molecule has 1 fully saturated rings. The second-order valence-corrected chi connectivity index (χ2v) is 4.79. The van der Waals surface area contributed by atoms with Gasteiger partial charge in [0.25, 0.3) is 5.91 Å². The van der Waals surface area contributed by atoms with Gasteiger partial charge in [-0.1, -0.05) is 0 Å². The van der Waals surface area contributed by atoms with E-state index < -0.39 is 0 Å². The van der Waals surface area contributed by atoms with Gasteiger partial charge in [-0.05, 0) is 26.2 Å². The third kappa shape index (κ3) is 3.66. The number of rotatable bonds is 5. The first kappa shape index (κ1) is 14.7. The molecule has 2 heterocycles. The van der Waals surface area contributed by atoms with E-state index in [9.17, 15) is 4.79 Å². The Labute approximate surface area is 119 Å². The zero-order valence-electron chi connectivity index (χ0n) is 12.0. The summed E-state index contributed by atoms with van der Waals surface area (Å²) in [5.41, 5.74) is 0.475. The lowest BCUT2D eigenvalue weighted by atomic mass is 10.1. The van der Waals surface area contributed by atoms with Crippen molar-refractivity contribution < 1.29 is 14.3 Å². The van der Waals surface area contributed by atoms with E-state index in [4.69, 9.17) is 9.47 Å². The average molecular weight is 279 g/mol. The molecule has 110 valence electrons. The van der Waals surface area contributed by atoms with E-state index in [0.717, 1.165) is 19.4 Å². The molecule has 1 aromatic rings. The Morgan fingerprint density at radius 2 is 2.20 bits per heavy atom. The van der Waals surface area contributed by atoms with Crippen LogP contribution < -0.4 is 4.74 Å². The molecule has 1 aliphatic rings. The number of methoxy groups -OCH3 is 1. The zero-order chi connectivity index (χ0) is 14.4. The molecule has 6 nitrogen and oxygen atoms in total. The highest BCUT2D eigenvalue weighted by atomic mass is 16.5. The lowest BCUT2D eigenvalue weighted by Crippen LogP contribution is -2.39. The number of amides is 1. The van der Waals surface area contributed by atoms with Crippen molar-refractivity contribution in [3.05, 3.63) is 18.0 Å². The van der Waals surface area contributed by atoms with Crippen molar-refractivity contribution in [2.75, 3.05) is 26.8 Å². The minimum Gasteiger partial charge on any atom is -0.467 e. The van der Waals surface area contributed by atoms with E-state index in [1.165, 1.54) is 25.9 Å². The predicted molar refractivity (Wildman–Crippen MR) is 73.8 cm³/mol. The van der Waals surface area contributed by atoms with Crippen LogP contribution in [0.25, 0.3) is 0 Å². The zero-order valence-corrected chi connectivity index (χ0v) is 12.0. The molecule has 0 aromatic carbocycles. The van der Waals surface area contributed by atoms with Gasteiger partial charge < -0.3 is 14.4 Å². The smallest absolute Gasteiger partial charge is 0.316 e. The second-order valence-electron chi connectivity index (χ2n) is 4.79. The molecule has 0 spiro atoms. The van der Waals surface area contributed by atoms with Crippen LogP contribution in [-0.4, -0.2) is 53.7 Å². The van der Waals surface area contributed by atoms with Crippen molar-refractivity contribution >= 4 is 5.91 Å². The molecule has 20 heavy (non-hydrogen) atoms. The van der Waals surface area contributed by atoms with E-state index >= 15 is 0 Å². The first-order valence-corrected chi connectivity index (χ1v) is 7.01. The Bertz CT molecular complexity index is 430. The first-order valence-electron chi connectivity index (χ1n) is 7.01. The van der Waals surface area contributed by atoms with Crippen molar-refractivity contribution in [3.8, 4) is 6.01 Å². The minimum atomic E-state index is -0.0654. The van der Waals surface area contributed by atoms with E-state index in [0.29, 0.717) is 18.7 Å². The topological polar surface area (TPSA) is 64.5 Å². The van der Waals surface area contributed by atoms with Crippen molar-refractivity contribution in [1.82, 2.24) is 14.9 Å². The van der Waals surface area contributed by atoms with Gasteiger partial charge in [0.1, 0.15) is 0 Å². The van der Waals surface area contributed by atoms with Crippen molar-refractivity contribution in [3.63, 3.8) is 0 Å². The third-order valence-corrected chi connectivity index (χ3v) is 3.42. The molecule has 1 atom stereocenters. The van der Waals surface area contributed by atoms with Crippen LogP contribution in [0.5, 0.6) is 6.01 Å². The van der Waals surface area contributed by atoms with Gasteiger partial charge in [0.05, 0.1) is 18.8 Å². The number of carbonyl (C=O) groups excluding carboxylic acids is 1. The van der Waals surface area contributed by atoms with Crippen LogP contribution in [-0.2, 0) is 4.74 Å². The highest BCUT2D eigenvalue weighted by Gasteiger charge is 2.21. The van der Waals surface area contributed by atoms with Crippen LogP contribution in [0.1, 0.15) is 36.5 Å². The Kier molecular flexibility index (Phi) is 5.29. The molecule has 0 aliphatic carbocycles. The fourth-order valence-electron chi connectivity index (χ4n) is 2.27. The SMILES string of the molecule is CCN(C[C@@H]1CCCCO1)C(=O)c1cnc(OC)nc1. The van der Waals surface area contributed by atoms with Crippen LogP contribution in [0.15, 0.2) is 12.4 Å². The molecule has 0 N–H and O–H groups in total. The van der Waals surface area contributed by atoms with Crippen molar-refractivity contribution in [1.29, 1.82) is 0 Å². The molecule has 1 amide bonds. The molecule has 6 heteroatoms. The summed E-state index contributed by atoms with van der Waals surface area (Å²) >= 11 is 0. The normalized spacial score (nSPS) is 18.6. The number of aromatic nitrogens is 2. The van der Waals surface area contributed by atoms with E-state index in [1.54, 1.807) is 4.90 Å². The number of ether oxygens (including phenoxy) is 2. The number of nitrogens with zero attached hydrogens (tertiary/aromatic N) is 3. The van der Waals surface area contributed by atoms with E-state index in [-0.39, 0.29) is 18.0 Å². The number of hydrogen-bond acceptors (Lipinski definition) is 5. The summed E-state index contributed by atoms with van der Waals surface area (Å²) in [6.07, 6.45) is 6.44. The van der Waals surface area contributed by atoms with Gasteiger partial charge in [-0.3, -0.25) is 4.79 Å². The maximum atomic E-state index is 12.4. The molecular formula is C14H21N3O3. The van der Waals surface area contributed by atoms with Gasteiger partial charge in [-0.15, -0.1) is 0 Å². The van der Waals surface area contributed by atoms with Crippen LogP contribution >= 0.6 is 0 Å². The molecule has 1 aromatic heterocycles. The van der Waals surface area contributed by atoms with Gasteiger partial charge in [0.15, 0.2) is 0 Å². The lowest BCUT2D eigenvalue weighted by molar-refractivity contribution is -0.00313. The van der Waals surface area contributed by atoms with Gasteiger partial charge in [-0.2, -0.15) is 0 Å². The van der Waals surface area contributed by atoms with Gasteiger partial charge >= 0.3 is 6.01 Å². The third-order valence-electron chi connectivity index (χ3n) is 3.42. The Balaban J connectivity index is 1.99. The van der Waals surface area contributed by atoms with Gasteiger partial charge in [-0.25, -0.2) is 9.97 Å². The summed E-state index contributed by atoms with van der Waals surface area (Å²) in [7, 11) is 1.50. The molecular weight excluding hydrogens is 258 g/mol. The van der Waals surface area contributed by atoms with Gasteiger partial charge in [0, 0.05) is 32.1 Å². The van der Waals surface area contributed by atoms with Crippen molar-refractivity contribution in [2.24, 2.45) is 0 Å². The molecule has 0 bridgehead atoms. The van der Waals surface area contributed by atoms with Crippen LogP contribution in [0.2, 0.25) is 0 Å². The number of carbonyl (C=O) groups is 1. The highest BCUT2D eigenvalue weighted by molar-refractivity contribution is 5.93. The Morgan fingerprint density at radius 3 is 2.75 bits per heavy atom. The Morgan fingerprint density at radius 1 is 1.45 bits per heavy atom. The average Bonchev–Trinajstić information content (AvgIpc) is 2.53. The minimum absolute atomic E-state index is 0.0654. The summed E-state index contributed by atoms with van der Waals surface area (Å²) in [6.45, 7) is 4.03. The van der Waals surface area contributed by atoms with Crippen LogP contribution in [0.3, 0.4) is 0 Å². The van der Waals surface area contributed by atoms with Crippen LogP contribution in [0.4, 0.5) is 0 Å². The monoisotopic (exact) mass is 279 g/mol. The largest absolute Gasteiger partial charge is 0.467 e. The summed E-state index contributed by atoms with van der Waals surface area (Å²) in [5, 5.41) is 0. The summed E-state index contributed by atoms with van der Waals surface area (Å²) in [4.78, 5) is 22.1. The molecule has 0 unspecified atom stereocenters. The number of hydrogen-bond donors (Lipinski definition) is 0. The highest BCUT2D eigenvalue weighted by Crippen LogP contribution is 2.15. The summed E-state index contributed by atoms with van der Waals surface area (Å²) in [6, 6.07) is 0.264. The quantitative estimate of drug-likeness (QED) is 0.817. The molecule has 0 radical (unpaired) electrons. The van der Waals surface area contributed by atoms with Crippen molar-refractivity contribution in [2.45, 2.75) is 32.3 Å². The maximum absolute atomic E-state index is 12.4. The Hall–Kier alpha value is -1.69. The van der Waals surface area contributed by atoms with Gasteiger partial charge in [0.2, 0.25) is 0 Å². The fraction of sp³-hybridized carbons (Fsp3) is 0.643. The van der Waals surface area contributed by atoms with E-state index in [1.807, 2.05) is 6.92 Å². The first-order chi connectivity index (χ1) is 9.74. The number of likely N-dealkylation sites (N-methyl/N-ethyl adjacent to an activating group) is 1. The fourth-order valence-corrected chi connectivity index (χ4v) is 2.27. The standard InChI is InChI=1S/C14H21N3O3/c1-3-17(10-12-6-4-5-7-20-12)13(18)11-8-15-14(19-2)16-9-11/h8-9,12H,3-7,10H2,1-2H3/t12-/m0/s1. The summed E-state index contributed by atoms with van der Waals surface area (Å²) in [5.74, 6) is -0.0654. The summed E-state index contributed by atoms with van der Waals surface area (Å²) < 4.78 is 10.6. The maximum Gasteiger partial charge on any atom is 0.316 e.